The van der Waals surface area contributed by atoms with E-state index in [1.165, 1.54) is 24.0 Å². The first-order chi connectivity index (χ1) is 9.49. The summed E-state index contributed by atoms with van der Waals surface area (Å²) in [5.41, 5.74) is 0.407. The van der Waals surface area contributed by atoms with Crippen molar-refractivity contribution in [2.45, 2.75) is 17.0 Å². The van der Waals surface area contributed by atoms with Gasteiger partial charge in [0.2, 0.25) is 0 Å². The predicted molar refractivity (Wildman–Crippen MR) is 67.8 cm³/mol. The van der Waals surface area contributed by atoms with Crippen LogP contribution in [0.25, 0.3) is 0 Å². The van der Waals surface area contributed by atoms with E-state index in [9.17, 15) is 13.2 Å². The van der Waals surface area contributed by atoms with E-state index in [-0.39, 0.29) is 0 Å². The fourth-order valence-electron chi connectivity index (χ4n) is 1.42. The maximum atomic E-state index is 12.4. The predicted octanol–water partition coefficient (Wildman–Crippen LogP) is 3.66. The van der Waals surface area contributed by atoms with Crippen molar-refractivity contribution in [2.24, 2.45) is 0 Å². The highest BCUT2D eigenvalue weighted by molar-refractivity contribution is 7.98. The zero-order chi connectivity index (χ0) is 14.6. The zero-order valence-corrected chi connectivity index (χ0v) is 10.9. The Morgan fingerprint density at radius 2 is 2.00 bits per heavy atom. The molecule has 2 rings (SSSR count). The van der Waals surface area contributed by atoms with Crippen LogP contribution in [0.2, 0.25) is 0 Å². The average molecular weight is 295 g/mol. The number of nitrogens with zero attached hydrogens (tertiary/aromatic N) is 3. The molecule has 0 aliphatic heterocycles. The Balaban J connectivity index is 2.02. The Labute approximate surface area is 117 Å². The lowest BCUT2D eigenvalue weighted by Gasteiger charge is -2.06. The molecule has 0 aliphatic rings. The summed E-state index contributed by atoms with van der Waals surface area (Å²) in [6, 6.07) is 7.65. The fraction of sp³-hybridized carbons (Fsp3) is 0.154. The quantitative estimate of drug-likeness (QED) is 0.811. The third-order valence-electron chi connectivity index (χ3n) is 2.39. The molecule has 0 spiro atoms. The van der Waals surface area contributed by atoms with Crippen LogP contribution < -0.4 is 0 Å². The second kappa shape index (κ2) is 5.92. The van der Waals surface area contributed by atoms with Crippen LogP contribution >= 0.6 is 11.8 Å². The van der Waals surface area contributed by atoms with Crippen molar-refractivity contribution in [1.82, 2.24) is 9.97 Å². The molecule has 3 nitrogen and oxygen atoms in total. The molecule has 0 aromatic carbocycles. The van der Waals surface area contributed by atoms with Crippen LogP contribution in [-0.2, 0) is 11.9 Å². The standard InChI is InChI=1S/C13H8F3N3S/c14-13(15,16)10-1-2-12(19-7-10)20-8-9-3-4-18-11(5-9)6-17/h1-5,7H,8H2. The van der Waals surface area contributed by atoms with Gasteiger partial charge in [0.25, 0.3) is 0 Å². The van der Waals surface area contributed by atoms with Gasteiger partial charge in [-0.05, 0) is 29.8 Å². The highest BCUT2D eigenvalue weighted by atomic mass is 32.2. The number of hydrogen-bond donors (Lipinski definition) is 0. The Morgan fingerprint density at radius 3 is 2.60 bits per heavy atom. The van der Waals surface area contributed by atoms with Gasteiger partial charge >= 0.3 is 6.18 Å². The number of alkyl halides is 3. The monoisotopic (exact) mass is 295 g/mol. The van der Waals surface area contributed by atoms with Gasteiger partial charge in [0.05, 0.1) is 10.6 Å². The van der Waals surface area contributed by atoms with E-state index in [1.54, 1.807) is 12.1 Å². The number of pyridine rings is 2. The second-order valence-electron chi connectivity index (χ2n) is 3.83. The van der Waals surface area contributed by atoms with Gasteiger partial charge in [-0.15, -0.1) is 11.8 Å². The Morgan fingerprint density at radius 1 is 1.20 bits per heavy atom. The van der Waals surface area contributed by atoms with Crippen molar-refractivity contribution in [3.63, 3.8) is 0 Å². The first-order valence-corrected chi connectivity index (χ1v) is 6.48. The highest BCUT2D eigenvalue weighted by Gasteiger charge is 2.30. The molecule has 0 bridgehead atoms. The first-order valence-electron chi connectivity index (χ1n) is 5.50. The van der Waals surface area contributed by atoms with Gasteiger partial charge < -0.3 is 0 Å². The summed E-state index contributed by atoms with van der Waals surface area (Å²) in [6.45, 7) is 0. The van der Waals surface area contributed by atoms with E-state index in [0.29, 0.717) is 16.5 Å². The van der Waals surface area contributed by atoms with Crippen LogP contribution in [0.4, 0.5) is 13.2 Å². The summed E-state index contributed by atoms with van der Waals surface area (Å²) in [4.78, 5) is 7.61. The normalized spacial score (nSPS) is 11.1. The number of rotatable bonds is 3. The summed E-state index contributed by atoms with van der Waals surface area (Å²) in [5.74, 6) is 0.509. The van der Waals surface area contributed by atoms with Crippen LogP contribution in [0.3, 0.4) is 0 Å². The molecular formula is C13H8F3N3S. The smallest absolute Gasteiger partial charge is 0.249 e. The van der Waals surface area contributed by atoms with E-state index in [0.717, 1.165) is 17.8 Å². The molecule has 2 aromatic heterocycles. The van der Waals surface area contributed by atoms with Crippen molar-refractivity contribution >= 4 is 11.8 Å². The van der Waals surface area contributed by atoms with E-state index in [1.807, 2.05) is 6.07 Å². The van der Waals surface area contributed by atoms with Crippen LogP contribution in [0, 0.1) is 11.3 Å². The fourth-order valence-corrected chi connectivity index (χ4v) is 2.20. The molecule has 20 heavy (non-hydrogen) atoms. The number of thioether (sulfide) groups is 1. The summed E-state index contributed by atoms with van der Waals surface area (Å²) in [6.07, 6.45) is -2.03. The molecule has 102 valence electrons. The van der Waals surface area contributed by atoms with E-state index < -0.39 is 11.7 Å². The van der Waals surface area contributed by atoms with E-state index in [4.69, 9.17) is 5.26 Å². The minimum Gasteiger partial charge on any atom is -0.249 e. The highest BCUT2D eigenvalue weighted by Crippen LogP contribution is 2.30. The molecular weight excluding hydrogens is 287 g/mol. The zero-order valence-electron chi connectivity index (χ0n) is 10.1. The van der Waals surface area contributed by atoms with Gasteiger partial charge in [0, 0.05) is 18.1 Å². The lowest BCUT2D eigenvalue weighted by Crippen LogP contribution is -2.05. The number of nitriles is 1. The van der Waals surface area contributed by atoms with Gasteiger partial charge in [0.15, 0.2) is 0 Å². The van der Waals surface area contributed by atoms with E-state index in [2.05, 4.69) is 9.97 Å². The minimum atomic E-state index is -4.37. The van der Waals surface area contributed by atoms with Crippen molar-refractivity contribution < 1.29 is 13.2 Å². The Bertz CT molecular complexity index is 633. The van der Waals surface area contributed by atoms with Gasteiger partial charge in [-0.25, -0.2) is 9.97 Å². The summed E-state index contributed by atoms with van der Waals surface area (Å²) >= 11 is 1.30. The molecule has 0 fully saturated rings. The lowest BCUT2D eigenvalue weighted by atomic mass is 10.2. The maximum absolute atomic E-state index is 12.4. The third kappa shape index (κ3) is 3.71. The molecule has 0 N–H and O–H groups in total. The maximum Gasteiger partial charge on any atom is 0.417 e. The lowest BCUT2D eigenvalue weighted by molar-refractivity contribution is -0.137. The van der Waals surface area contributed by atoms with Crippen LogP contribution in [0.1, 0.15) is 16.8 Å². The van der Waals surface area contributed by atoms with Crippen LogP contribution in [-0.4, -0.2) is 9.97 Å². The summed E-state index contributed by atoms with van der Waals surface area (Å²) in [5, 5.41) is 9.21. The molecule has 0 aliphatic carbocycles. The molecule has 0 amide bonds. The molecule has 0 saturated heterocycles. The Kier molecular flexibility index (Phi) is 4.25. The van der Waals surface area contributed by atoms with Crippen molar-refractivity contribution in [2.75, 3.05) is 0 Å². The number of aromatic nitrogens is 2. The molecule has 2 heterocycles. The van der Waals surface area contributed by atoms with E-state index >= 15 is 0 Å². The third-order valence-corrected chi connectivity index (χ3v) is 3.40. The van der Waals surface area contributed by atoms with Gasteiger partial charge in [-0.2, -0.15) is 18.4 Å². The Hall–Kier alpha value is -2.07. The first kappa shape index (κ1) is 14.3. The molecule has 0 atom stereocenters. The molecule has 0 radical (unpaired) electrons. The summed E-state index contributed by atoms with van der Waals surface area (Å²) in [7, 11) is 0. The molecule has 0 saturated carbocycles. The van der Waals surface area contributed by atoms with Crippen LogP contribution in [0.5, 0.6) is 0 Å². The topological polar surface area (TPSA) is 49.6 Å². The van der Waals surface area contributed by atoms with Gasteiger partial charge in [-0.1, -0.05) is 0 Å². The minimum absolute atomic E-state index is 0.309. The number of hydrogen-bond acceptors (Lipinski definition) is 4. The van der Waals surface area contributed by atoms with Crippen LogP contribution in [0.15, 0.2) is 41.7 Å². The largest absolute Gasteiger partial charge is 0.417 e. The molecule has 7 heteroatoms. The number of halogens is 3. The second-order valence-corrected chi connectivity index (χ2v) is 4.83. The molecule has 0 unspecified atom stereocenters. The van der Waals surface area contributed by atoms with Crippen molar-refractivity contribution in [3.8, 4) is 6.07 Å². The van der Waals surface area contributed by atoms with Gasteiger partial charge in [-0.3, -0.25) is 0 Å². The summed E-state index contributed by atoms with van der Waals surface area (Å²) < 4.78 is 37.1. The average Bonchev–Trinajstić information content (AvgIpc) is 2.45. The van der Waals surface area contributed by atoms with Gasteiger partial charge in [0.1, 0.15) is 11.8 Å². The molecule has 2 aromatic rings. The SMILES string of the molecule is N#Cc1cc(CSc2ccc(C(F)(F)F)cn2)ccn1. The van der Waals surface area contributed by atoms with Crippen molar-refractivity contribution in [3.05, 3.63) is 53.5 Å². The van der Waals surface area contributed by atoms with Crippen molar-refractivity contribution in [1.29, 1.82) is 5.26 Å².